The highest BCUT2D eigenvalue weighted by molar-refractivity contribution is 7.78. The number of amides is 1. The van der Waals surface area contributed by atoms with Crippen LogP contribution in [-0.2, 0) is 15.8 Å². The van der Waals surface area contributed by atoms with Gasteiger partial charge in [0.25, 0.3) is 5.97 Å². The molecule has 1 heterocycles. The van der Waals surface area contributed by atoms with Crippen LogP contribution in [0.15, 0.2) is 66.7 Å². The van der Waals surface area contributed by atoms with Crippen LogP contribution in [0.25, 0.3) is 11.1 Å². The van der Waals surface area contributed by atoms with Gasteiger partial charge in [-0.2, -0.15) is 13.2 Å². The molecule has 1 saturated carbocycles. The first-order valence-electron chi connectivity index (χ1n) is 15.4. The van der Waals surface area contributed by atoms with Gasteiger partial charge in [-0.3, -0.25) is 14.3 Å². The van der Waals surface area contributed by atoms with E-state index in [1.54, 1.807) is 7.05 Å². The number of nitrogens with one attached hydrogen (secondary N) is 2. The van der Waals surface area contributed by atoms with E-state index in [4.69, 9.17) is 9.90 Å². The lowest BCUT2D eigenvalue weighted by Crippen LogP contribution is -2.30. The number of likely N-dealkylation sites (N-methyl/N-ethyl adjacent to an activating group) is 1. The number of benzene rings is 3. The molecule has 0 bridgehead atoms. The third kappa shape index (κ3) is 11.1. The SMILES string of the molecule is CC(=O)O.CN1CCCC(c2cccc(-c3ccc(C4CCCC(C(=O)Nc5ccc(C(F)(F)F)cc5F)C4)cc3)c2)C1.CNS. The molecule has 0 radical (unpaired) electrons. The number of likely N-dealkylation sites (tertiary alicyclic amines) is 1. The molecule has 3 N–H and O–H groups in total. The van der Waals surface area contributed by atoms with E-state index < -0.39 is 23.5 Å². The zero-order valence-electron chi connectivity index (χ0n) is 26.4. The molecular weight excluding hydrogens is 618 g/mol. The summed E-state index contributed by atoms with van der Waals surface area (Å²) in [6, 6.07) is 19.6. The van der Waals surface area contributed by atoms with E-state index in [0.717, 1.165) is 50.6 Å². The molecule has 1 aliphatic heterocycles. The number of piperidine rings is 1. The molecule has 1 aliphatic carbocycles. The summed E-state index contributed by atoms with van der Waals surface area (Å²) in [5, 5.41) is 9.93. The Bertz CT molecular complexity index is 1430. The molecule has 1 amide bonds. The van der Waals surface area contributed by atoms with Crippen molar-refractivity contribution in [2.24, 2.45) is 5.92 Å². The van der Waals surface area contributed by atoms with Crippen LogP contribution in [0.4, 0.5) is 23.2 Å². The van der Waals surface area contributed by atoms with Gasteiger partial charge in [0.1, 0.15) is 5.82 Å². The number of carbonyl (C=O) groups excluding carboxylic acids is 1. The summed E-state index contributed by atoms with van der Waals surface area (Å²) in [6.07, 6.45) is 0.920. The number of carboxylic acid groups (broad SMARTS) is 1. The van der Waals surface area contributed by atoms with Crippen LogP contribution in [0.3, 0.4) is 0 Å². The summed E-state index contributed by atoms with van der Waals surface area (Å²) in [7, 11) is 3.92. The quantitative estimate of drug-likeness (QED) is 0.163. The second-order valence-electron chi connectivity index (χ2n) is 11.8. The maximum Gasteiger partial charge on any atom is 0.416 e. The van der Waals surface area contributed by atoms with Gasteiger partial charge in [0, 0.05) is 19.4 Å². The summed E-state index contributed by atoms with van der Waals surface area (Å²) in [6.45, 7) is 3.33. The fourth-order valence-electron chi connectivity index (χ4n) is 6.12. The van der Waals surface area contributed by atoms with Crippen LogP contribution in [0.1, 0.15) is 74.0 Å². The molecule has 6 nitrogen and oxygen atoms in total. The van der Waals surface area contributed by atoms with E-state index >= 15 is 0 Å². The van der Waals surface area contributed by atoms with Crippen molar-refractivity contribution in [3.63, 3.8) is 0 Å². The van der Waals surface area contributed by atoms with Crippen LogP contribution >= 0.6 is 12.8 Å². The van der Waals surface area contributed by atoms with E-state index in [0.29, 0.717) is 24.8 Å². The number of nitrogens with zero attached hydrogens (tertiary/aromatic N) is 1. The molecule has 2 aliphatic rings. The molecule has 0 aromatic heterocycles. The Morgan fingerprint density at radius 1 is 0.913 bits per heavy atom. The highest BCUT2D eigenvalue weighted by atomic mass is 32.1. The lowest BCUT2D eigenvalue weighted by Gasteiger charge is -2.30. The van der Waals surface area contributed by atoms with Gasteiger partial charge in [-0.05, 0) is 105 Å². The Kier molecular flexibility index (Phi) is 14.1. The van der Waals surface area contributed by atoms with E-state index in [1.807, 2.05) is 0 Å². The Labute approximate surface area is 274 Å². The van der Waals surface area contributed by atoms with Gasteiger partial charge in [0.15, 0.2) is 0 Å². The number of alkyl halides is 3. The molecule has 3 aromatic rings. The second-order valence-corrected chi connectivity index (χ2v) is 12.3. The number of thiol groups is 1. The highest BCUT2D eigenvalue weighted by Gasteiger charge is 2.32. The smallest absolute Gasteiger partial charge is 0.416 e. The number of halogens is 4. The number of aliphatic carboxylic acids is 1. The Morgan fingerprint density at radius 2 is 1.57 bits per heavy atom. The number of hydrogen-bond donors (Lipinski definition) is 4. The van der Waals surface area contributed by atoms with Crippen LogP contribution < -0.4 is 10.0 Å². The second kappa shape index (κ2) is 17.5. The molecule has 3 aromatic carbocycles. The van der Waals surface area contributed by atoms with Crippen molar-refractivity contribution in [3.05, 3.63) is 89.2 Å². The molecule has 5 rings (SSSR count). The monoisotopic (exact) mass is 661 g/mol. The summed E-state index contributed by atoms with van der Waals surface area (Å²) in [4.78, 5) is 24.3. The lowest BCUT2D eigenvalue weighted by atomic mass is 9.77. The van der Waals surface area contributed by atoms with Crippen molar-refractivity contribution < 1.29 is 32.3 Å². The summed E-state index contributed by atoms with van der Waals surface area (Å²) < 4.78 is 55.2. The predicted molar refractivity (Wildman–Crippen MR) is 177 cm³/mol. The first kappa shape index (κ1) is 37.1. The molecule has 3 unspecified atom stereocenters. The normalized spacial score (nSPS) is 20.0. The highest BCUT2D eigenvalue weighted by Crippen LogP contribution is 2.38. The summed E-state index contributed by atoms with van der Waals surface area (Å²) >= 11 is 3.54. The van der Waals surface area contributed by atoms with E-state index in [9.17, 15) is 22.4 Å². The van der Waals surface area contributed by atoms with E-state index in [2.05, 4.69) is 83.3 Å². The number of rotatable bonds is 5. The molecule has 2 fully saturated rings. The van der Waals surface area contributed by atoms with Gasteiger partial charge >= 0.3 is 6.18 Å². The largest absolute Gasteiger partial charge is 0.481 e. The van der Waals surface area contributed by atoms with Gasteiger partial charge in [-0.25, -0.2) is 4.39 Å². The van der Waals surface area contributed by atoms with E-state index in [1.165, 1.54) is 29.5 Å². The van der Waals surface area contributed by atoms with Crippen LogP contribution in [0.2, 0.25) is 0 Å². The van der Waals surface area contributed by atoms with Gasteiger partial charge in [-0.1, -0.05) is 67.8 Å². The number of anilines is 1. The predicted octanol–water partition coefficient (Wildman–Crippen LogP) is 8.37. The van der Waals surface area contributed by atoms with Crippen LogP contribution in [0.5, 0.6) is 0 Å². The topological polar surface area (TPSA) is 81.7 Å². The van der Waals surface area contributed by atoms with Gasteiger partial charge < -0.3 is 15.3 Å². The molecule has 46 heavy (non-hydrogen) atoms. The Morgan fingerprint density at radius 3 is 2.17 bits per heavy atom. The summed E-state index contributed by atoms with van der Waals surface area (Å²) in [5.74, 6) is -1.83. The van der Waals surface area contributed by atoms with Crippen molar-refractivity contribution in [1.82, 2.24) is 9.62 Å². The van der Waals surface area contributed by atoms with Gasteiger partial charge in [0.2, 0.25) is 5.91 Å². The maximum absolute atomic E-state index is 14.3. The minimum absolute atomic E-state index is 0.199. The third-order valence-electron chi connectivity index (χ3n) is 8.30. The third-order valence-corrected chi connectivity index (χ3v) is 8.30. The summed E-state index contributed by atoms with van der Waals surface area (Å²) in [5.41, 5.74) is 3.62. The molecular formula is C35H43F4N3O3S. The average Bonchev–Trinajstić information content (AvgIpc) is 3.02. The Balaban J connectivity index is 0.000000751. The van der Waals surface area contributed by atoms with E-state index in [-0.39, 0.29) is 23.4 Å². The zero-order chi connectivity index (χ0) is 33.9. The van der Waals surface area contributed by atoms with Crippen molar-refractivity contribution >= 4 is 30.4 Å². The van der Waals surface area contributed by atoms with Crippen molar-refractivity contribution in [1.29, 1.82) is 0 Å². The van der Waals surface area contributed by atoms with Gasteiger partial charge in [-0.15, -0.1) is 0 Å². The number of carbonyl (C=O) groups is 2. The number of carboxylic acids is 1. The fraction of sp³-hybridized carbons (Fsp3) is 0.429. The van der Waals surface area contributed by atoms with Crippen molar-refractivity contribution in [2.45, 2.75) is 63.5 Å². The van der Waals surface area contributed by atoms with Crippen molar-refractivity contribution in [2.75, 3.05) is 32.5 Å². The molecule has 3 atom stereocenters. The maximum atomic E-state index is 14.3. The van der Waals surface area contributed by atoms with Crippen LogP contribution in [-0.4, -0.2) is 49.1 Å². The minimum Gasteiger partial charge on any atom is -0.481 e. The average molecular weight is 662 g/mol. The molecule has 1 saturated heterocycles. The van der Waals surface area contributed by atoms with Gasteiger partial charge in [0.05, 0.1) is 11.3 Å². The first-order chi connectivity index (χ1) is 21.8. The minimum atomic E-state index is -4.63. The van der Waals surface area contributed by atoms with Crippen molar-refractivity contribution in [3.8, 4) is 11.1 Å². The number of hydrogen-bond acceptors (Lipinski definition) is 5. The molecule has 250 valence electrons. The molecule has 0 spiro atoms. The fourth-order valence-corrected chi connectivity index (χ4v) is 6.12. The zero-order valence-corrected chi connectivity index (χ0v) is 27.3. The first-order valence-corrected chi connectivity index (χ1v) is 15.8. The lowest BCUT2D eigenvalue weighted by molar-refractivity contribution is -0.138. The molecule has 11 heteroatoms. The standard InChI is InChI=1S/C32H34F4N2O.C2H4O2.CH5NS/c1-38-16-4-9-27(20-38)25-7-2-5-23(17-25)21-10-12-22(13-11-21)24-6-3-8-26(18-24)31(39)37-30-15-14-28(19-29(30)33)32(34,35)36;1-2(3)4;1-2-3/h2,5,7,10-15,17,19,24,26-27H,3-4,6,8-9,16,18,20H2,1H3,(H,37,39);1H3,(H,3,4);2-3H,1H3. The Hall–Kier alpha value is -3.41. The van der Waals surface area contributed by atoms with Crippen LogP contribution in [0, 0.1) is 11.7 Å².